The zero-order chi connectivity index (χ0) is 37.6. The summed E-state index contributed by atoms with van der Waals surface area (Å²) in [5.74, 6) is 0.461. The van der Waals surface area contributed by atoms with E-state index < -0.39 is 20.2 Å². The summed E-state index contributed by atoms with van der Waals surface area (Å²) in [5, 5.41) is 6.32. The Morgan fingerprint density at radius 2 is 1.52 bits per heavy atom. The standard InChI is InChI=1S/C41H36N2O7S4/c1-2-27(23-39-43(20-8-22-54(47,48)49)41-33-15-13-28-9-3-5-11-31(28)32(33)16-17-35(41)50-39)24-40-42(19-7-21-53(44,45)46)34-25-30(14-18-37(34)52-40)38-26-29-10-4-6-12-36(29)51-38/h3-6,9-18,23-26H,2,7-8,19-22H2,1H3,(H-,44,45,46,47,48,49)/p+1. The molecule has 1 aliphatic rings. The summed E-state index contributed by atoms with van der Waals surface area (Å²) in [6.07, 6.45) is 5.10. The summed E-state index contributed by atoms with van der Waals surface area (Å²) in [6, 6.07) is 33.1. The third-order valence-electron chi connectivity index (χ3n) is 9.65. The van der Waals surface area contributed by atoms with Crippen molar-refractivity contribution in [3.8, 4) is 16.2 Å². The molecule has 2 N–H and O–H groups in total. The molecule has 0 saturated heterocycles. The molecule has 8 rings (SSSR count). The number of aromatic nitrogens is 1. The minimum atomic E-state index is -4.17. The Hall–Kier alpha value is -4.63. The molecule has 7 aromatic rings. The first-order valence-corrected chi connectivity index (χ1v) is 22.5. The van der Waals surface area contributed by atoms with Gasteiger partial charge in [-0.25, -0.2) is 0 Å². The van der Waals surface area contributed by atoms with Crippen LogP contribution in [0.15, 0.2) is 115 Å². The first-order valence-electron chi connectivity index (χ1n) is 17.6. The topological polar surface area (TPSA) is 125 Å². The number of thiophene rings is 1. The van der Waals surface area contributed by atoms with Crippen molar-refractivity contribution >= 4 is 96.5 Å². The molecule has 276 valence electrons. The second-order valence-corrected chi connectivity index (χ2v) is 18.6. The molecule has 0 aliphatic carbocycles. The molecule has 0 bridgehead atoms. The molecule has 0 amide bonds. The second kappa shape index (κ2) is 14.5. The highest BCUT2D eigenvalue weighted by Gasteiger charge is 2.30. The minimum Gasteiger partial charge on any atom is -0.439 e. The molecular weight excluding hydrogens is 761 g/mol. The molecule has 2 aromatic heterocycles. The molecule has 9 nitrogen and oxygen atoms in total. The van der Waals surface area contributed by atoms with Crippen LogP contribution in [0.25, 0.3) is 58.4 Å². The molecular formula is C41H37N2O7S4+. The Morgan fingerprint density at radius 1 is 0.778 bits per heavy atom. The van der Waals surface area contributed by atoms with Crippen molar-refractivity contribution < 1.29 is 35.2 Å². The molecule has 0 fully saturated rings. The predicted octanol–water partition coefficient (Wildman–Crippen LogP) is 9.47. The highest BCUT2D eigenvalue weighted by molar-refractivity contribution is 7.86. The Balaban J connectivity index is 1.21. The molecule has 0 atom stereocenters. The van der Waals surface area contributed by atoms with E-state index in [1.54, 1.807) is 22.7 Å². The monoisotopic (exact) mass is 797 g/mol. The van der Waals surface area contributed by atoms with Crippen LogP contribution in [0.2, 0.25) is 0 Å². The molecule has 54 heavy (non-hydrogen) atoms. The van der Waals surface area contributed by atoms with Gasteiger partial charge in [-0.15, -0.1) is 11.3 Å². The van der Waals surface area contributed by atoms with Crippen LogP contribution in [-0.4, -0.2) is 44.0 Å². The van der Waals surface area contributed by atoms with E-state index in [-0.39, 0.29) is 24.3 Å². The second-order valence-electron chi connectivity index (χ2n) is 13.3. The Kier molecular flexibility index (Phi) is 9.79. The van der Waals surface area contributed by atoms with Crippen LogP contribution in [-0.2, 0) is 26.8 Å². The fourth-order valence-electron chi connectivity index (χ4n) is 7.11. The smallest absolute Gasteiger partial charge is 0.265 e. The zero-order valence-electron chi connectivity index (χ0n) is 29.3. The molecule has 0 spiro atoms. The fraction of sp³-hybridized carbons (Fsp3) is 0.195. The number of anilines is 1. The molecule has 0 unspecified atom stereocenters. The van der Waals surface area contributed by atoms with Gasteiger partial charge in [-0.3, -0.25) is 9.11 Å². The van der Waals surface area contributed by atoms with Crippen LogP contribution in [0, 0.1) is 0 Å². The van der Waals surface area contributed by atoms with Crippen molar-refractivity contribution in [2.75, 3.05) is 23.0 Å². The predicted molar refractivity (Wildman–Crippen MR) is 221 cm³/mol. The third kappa shape index (κ3) is 7.52. The Morgan fingerprint density at radius 3 is 2.30 bits per heavy atom. The maximum atomic E-state index is 11.7. The Bertz CT molecular complexity index is 2840. The summed E-state index contributed by atoms with van der Waals surface area (Å²) in [4.78, 5) is 3.13. The lowest BCUT2D eigenvalue weighted by atomic mass is 10.00. The lowest BCUT2D eigenvalue weighted by Gasteiger charge is -2.20. The van der Waals surface area contributed by atoms with Gasteiger partial charge in [0.2, 0.25) is 11.4 Å². The molecule has 13 heteroatoms. The van der Waals surface area contributed by atoms with Crippen LogP contribution in [0.1, 0.15) is 31.2 Å². The number of thiazole rings is 1. The van der Waals surface area contributed by atoms with Gasteiger partial charge in [0.1, 0.15) is 4.70 Å². The van der Waals surface area contributed by atoms with E-state index in [0.29, 0.717) is 31.1 Å². The molecule has 3 heterocycles. The quantitative estimate of drug-likeness (QED) is 0.0712. The van der Waals surface area contributed by atoms with Gasteiger partial charge in [-0.1, -0.05) is 78.9 Å². The molecule has 1 aliphatic heterocycles. The van der Waals surface area contributed by atoms with E-state index in [9.17, 15) is 25.9 Å². The number of ether oxygens (including phenoxy) is 1. The number of benzene rings is 5. The highest BCUT2D eigenvalue weighted by atomic mass is 32.2. The third-order valence-corrected chi connectivity index (χ3v) is 13.5. The Labute approximate surface area is 321 Å². The number of hydrogen-bond acceptors (Lipinski definition) is 8. The SMILES string of the molecule is CCC(/C=C1\Oc2ccc3c(ccc4ccccc43)c2N1CCCS(=O)(=O)O)=C\c1sc2ccc(-c3cc4ccccc4s3)cc2[n+]1CCCS(=O)(=O)O. The largest absolute Gasteiger partial charge is 0.439 e. The minimum absolute atomic E-state index is 0.181. The average molecular weight is 798 g/mol. The number of hydrogen-bond donors (Lipinski definition) is 2. The number of nitrogens with zero attached hydrogens (tertiary/aromatic N) is 2. The van der Waals surface area contributed by atoms with Crippen molar-refractivity contribution in [1.82, 2.24) is 0 Å². The van der Waals surface area contributed by atoms with Gasteiger partial charge < -0.3 is 9.64 Å². The van der Waals surface area contributed by atoms with Crippen LogP contribution in [0.3, 0.4) is 0 Å². The number of allylic oxidation sites excluding steroid dienone is 2. The van der Waals surface area contributed by atoms with Crippen LogP contribution in [0.5, 0.6) is 5.75 Å². The van der Waals surface area contributed by atoms with E-state index in [0.717, 1.165) is 58.5 Å². The fourth-order valence-corrected chi connectivity index (χ4v) is 10.3. The van der Waals surface area contributed by atoms with Crippen molar-refractivity contribution in [2.45, 2.75) is 32.7 Å². The van der Waals surface area contributed by atoms with E-state index in [4.69, 9.17) is 4.74 Å². The molecule has 0 radical (unpaired) electrons. The normalized spacial score (nSPS) is 14.5. The van der Waals surface area contributed by atoms with Gasteiger partial charge in [-0.2, -0.15) is 21.4 Å². The maximum Gasteiger partial charge on any atom is 0.265 e. The van der Waals surface area contributed by atoms with Gasteiger partial charge in [0.05, 0.1) is 17.2 Å². The van der Waals surface area contributed by atoms with Crippen molar-refractivity contribution in [3.05, 3.63) is 120 Å². The van der Waals surface area contributed by atoms with Crippen molar-refractivity contribution in [1.29, 1.82) is 0 Å². The summed E-state index contributed by atoms with van der Waals surface area (Å²) >= 11 is 3.32. The van der Waals surface area contributed by atoms with E-state index in [2.05, 4.69) is 71.3 Å². The van der Waals surface area contributed by atoms with Gasteiger partial charge in [-0.05, 0) is 75.9 Å². The van der Waals surface area contributed by atoms with Gasteiger partial charge in [0, 0.05) is 46.1 Å². The first kappa shape index (κ1) is 36.4. The molecule has 0 saturated carbocycles. The highest BCUT2D eigenvalue weighted by Crippen LogP contribution is 2.46. The lowest BCUT2D eigenvalue weighted by molar-refractivity contribution is -0.668. The lowest BCUT2D eigenvalue weighted by Crippen LogP contribution is -2.36. The van der Waals surface area contributed by atoms with Gasteiger partial charge >= 0.3 is 0 Å². The maximum absolute atomic E-state index is 11.7. The summed E-state index contributed by atoms with van der Waals surface area (Å²) in [7, 11) is -8.30. The van der Waals surface area contributed by atoms with E-state index in [1.165, 1.54) is 10.1 Å². The van der Waals surface area contributed by atoms with Crippen LogP contribution < -0.4 is 14.2 Å². The number of aryl methyl sites for hydroxylation is 1. The van der Waals surface area contributed by atoms with E-state index >= 15 is 0 Å². The first-order chi connectivity index (χ1) is 25.9. The summed E-state index contributed by atoms with van der Waals surface area (Å²) < 4.78 is 76.8. The van der Waals surface area contributed by atoms with Gasteiger partial charge in [0.15, 0.2) is 12.3 Å². The zero-order valence-corrected chi connectivity index (χ0v) is 32.6. The number of rotatable bonds is 12. The van der Waals surface area contributed by atoms with Crippen molar-refractivity contribution in [3.63, 3.8) is 0 Å². The summed E-state index contributed by atoms with van der Waals surface area (Å²) in [6.45, 7) is 2.71. The van der Waals surface area contributed by atoms with Gasteiger partial charge in [0.25, 0.3) is 25.2 Å². The number of fused-ring (bicyclic) bond motifs is 7. The average Bonchev–Trinajstić information content (AvgIpc) is 3.83. The van der Waals surface area contributed by atoms with E-state index in [1.807, 2.05) is 54.3 Å². The van der Waals surface area contributed by atoms with Crippen LogP contribution in [0.4, 0.5) is 5.69 Å². The summed E-state index contributed by atoms with van der Waals surface area (Å²) in [5.41, 5.74) is 3.81. The van der Waals surface area contributed by atoms with Crippen molar-refractivity contribution in [2.24, 2.45) is 0 Å². The molecule has 5 aromatic carbocycles. The van der Waals surface area contributed by atoms with Crippen LogP contribution >= 0.6 is 22.7 Å².